The zero-order valence-corrected chi connectivity index (χ0v) is 19.6. The molecule has 0 aromatic heterocycles. The van der Waals surface area contributed by atoms with Crippen LogP contribution in [0, 0.1) is 11.8 Å². The molecule has 0 spiro atoms. The van der Waals surface area contributed by atoms with Gasteiger partial charge in [0.15, 0.2) is 0 Å². The van der Waals surface area contributed by atoms with E-state index in [1.807, 2.05) is 0 Å². The second-order valence-electron chi connectivity index (χ2n) is 9.00. The zero-order valence-electron chi connectivity index (χ0n) is 19.6. The summed E-state index contributed by atoms with van der Waals surface area (Å²) in [5.41, 5.74) is 13.5. The van der Waals surface area contributed by atoms with Crippen LogP contribution in [0.3, 0.4) is 0 Å². The molecule has 0 saturated heterocycles. The summed E-state index contributed by atoms with van der Waals surface area (Å²) < 4.78 is 76.5. The Hall–Kier alpha value is -3.30. The molecule has 1 saturated carbocycles. The van der Waals surface area contributed by atoms with Crippen molar-refractivity contribution < 1.29 is 36.2 Å². The van der Waals surface area contributed by atoms with E-state index >= 15 is 0 Å². The predicted molar refractivity (Wildman–Crippen MR) is 127 cm³/mol. The molecule has 0 bridgehead atoms. The van der Waals surface area contributed by atoms with Crippen LogP contribution in [0.2, 0.25) is 0 Å². The summed E-state index contributed by atoms with van der Waals surface area (Å²) in [5, 5.41) is 0. The van der Waals surface area contributed by atoms with Gasteiger partial charge in [-0.1, -0.05) is 18.2 Å². The van der Waals surface area contributed by atoms with Crippen molar-refractivity contribution in [1.29, 1.82) is 0 Å². The van der Waals surface area contributed by atoms with Crippen molar-refractivity contribution in [3.8, 4) is 5.75 Å². The minimum atomic E-state index is -4.22. The third-order valence-corrected chi connectivity index (χ3v) is 6.24. The van der Waals surface area contributed by atoms with E-state index in [4.69, 9.17) is 20.9 Å². The van der Waals surface area contributed by atoms with Crippen LogP contribution in [0.25, 0.3) is 6.08 Å². The van der Waals surface area contributed by atoms with Gasteiger partial charge in [0.25, 0.3) is 0 Å². The number of carbonyl (C=O) groups excluding carboxylic acids is 1. The van der Waals surface area contributed by atoms with E-state index in [1.165, 1.54) is 36.4 Å². The van der Waals surface area contributed by atoms with Crippen LogP contribution >= 0.6 is 0 Å². The van der Waals surface area contributed by atoms with Gasteiger partial charge in [-0.05, 0) is 73.9 Å². The molecule has 1 aliphatic rings. The second-order valence-corrected chi connectivity index (χ2v) is 9.00. The van der Waals surface area contributed by atoms with Crippen molar-refractivity contribution >= 4 is 23.4 Å². The molecular weight excluding hydrogens is 483 g/mol. The molecule has 2 aromatic rings. The Morgan fingerprint density at radius 3 is 2.25 bits per heavy atom. The Labute approximate surface area is 206 Å². The number of nitrogens with two attached hydrogens (primary N) is 2. The van der Waals surface area contributed by atoms with Crippen LogP contribution in [0.1, 0.15) is 49.7 Å². The number of alkyl halides is 5. The van der Waals surface area contributed by atoms with Gasteiger partial charge in [0.05, 0.1) is 5.92 Å². The Bertz CT molecular complexity index is 1050. The Morgan fingerprint density at radius 2 is 1.64 bits per heavy atom. The summed E-state index contributed by atoms with van der Waals surface area (Å²) in [6.45, 7) is -0.0264. The molecular formula is C26H29F5N2O3. The normalized spacial score (nSPS) is 18.8. The third-order valence-electron chi connectivity index (χ3n) is 6.24. The fraction of sp³-hybridized carbons (Fsp3) is 0.423. The van der Waals surface area contributed by atoms with Crippen LogP contribution in [-0.2, 0) is 16.1 Å². The minimum absolute atomic E-state index is 0.0264. The molecule has 1 fully saturated rings. The molecule has 36 heavy (non-hydrogen) atoms. The third kappa shape index (κ3) is 8.42. The lowest BCUT2D eigenvalue weighted by Gasteiger charge is -2.33. The standard InChI is InChI=1S/C26H29F5N2O3/c27-25(28,29)14-13-18-1-7-20(8-2-18)26(30,31)36-22-10-3-17(4-11-22)5-12-24(34)35-16-19-6-9-21(32)15-23(19)33/h3-6,9-12,15,18,20H,1-2,7-8,13-14,16,32-33H2/b12-5+. The van der Waals surface area contributed by atoms with Crippen molar-refractivity contribution in [2.75, 3.05) is 11.5 Å². The topological polar surface area (TPSA) is 87.6 Å². The molecule has 4 N–H and O–H groups in total. The highest BCUT2D eigenvalue weighted by molar-refractivity contribution is 5.87. The fourth-order valence-corrected chi connectivity index (χ4v) is 4.15. The number of benzene rings is 2. The first-order chi connectivity index (χ1) is 16.9. The molecule has 1 aliphatic carbocycles. The molecule has 3 rings (SSSR count). The molecule has 5 nitrogen and oxygen atoms in total. The van der Waals surface area contributed by atoms with Gasteiger partial charge in [0, 0.05) is 29.4 Å². The van der Waals surface area contributed by atoms with Crippen LogP contribution in [-0.4, -0.2) is 18.3 Å². The Kier molecular flexibility index (Phi) is 8.81. The number of halogens is 5. The van der Waals surface area contributed by atoms with Gasteiger partial charge in [0.1, 0.15) is 12.4 Å². The number of esters is 1. The van der Waals surface area contributed by atoms with Gasteiger partial charge in [-0.15, -0.1) is 0 Å². The predicted octanol–water partition coefficient (Wildman–Crippen LogP) is 6.73. The van der Waals surface area contributed by atoms with Gasteiger partial charge in [-0.25, -0.2) is 4.79 Å². The minimum Gasteiger partial charge on any atom is -0.458 e. The molecule has 196 valence electrons. The van der Waals surface area contributed by atoms with Gasteiger partial charge in [0.2, 0.25) is 0 Å². The van der Waals surface area contributed by atoms with Crippen molar-refractivity contribution in [2.24, 2.45) is 11.8 Å². The van der Waals surface area contributed by atoms with E-state index in [-0.39, 0.29) is 37.5 Å². The first-order valence-corrected chi connectivity index (χ1v) is 11.6. The van der Waals surface area contributed by atoms with Gasteiger partial charge >= 0.3 is 18.3 Å². The maximum Gasteiger partial charge on any atom is 0.400 e. The first-order valence-electron chi connectivity index (χ1n) is 11.6. The maximum atomic E-state index is 14.6. The van der Waals surface area contributed by atoms with E-state index in [0.29, 0.717) is 35.3 Å². The van der Waals surface area contributed by atoms with Crippen LogP contribution in [0.5, 0.6) is 5.75 Å². The van der Waals surface area contributed by atoms with E-state index < -0.39 is 30.6 Å². The molecule has 0 unspecified atom stereocenters. The Morgan fingerprint density at radius 1 is 0.972 bits per heavy atom. The highest BCUT2D eigenvalue weighted by atomic mass is 19.4. The highest BCUT2D eigenvalue weighted by Crippen LogP contribution is 2.42. The number of ether oxygens (including phenoxy) is 2. The average Bonchev–Trinajstić information content (AvgIpc) is 2.81. The van der Waals surface area contributed by atoms with Crippen molar-refractivity contribution in [2.45, 2.75) is 57.4 Å². The summed E-state index contributed by atoms with van der Waals surface area (Å²) >= 11 is 0. The lowest BCUT2D eigenvalue weighted by atomic mass is 9.79. The molecule has 0 amide bonds. The zero-order chi connectivity index (χ0) is 26.3. The molecule has 0 aliphatic heterocycles. The van der Waals surface area contributed by atoms with Crippen molar-refractivity contribution in [3.63, 3.8) is 0 Å². The lowest BCUT2D eigenvalue weighted by Crippen LogP contribution is -2.37. The number of rotatable bonds is 9. The number of anilines is 2. The number of carbonyl (C=O) groups is 1. The van der Waals surface area contributed by atoms with Gasteiger partial charge < -0.3 is 20.9 Å². The SMILES string of the molecule is Nc1ccc(COC(=O)/C=C/c2ccc(OC(F)(F)C3CCC(CCC(F)(F)F)CC3)cc2)c(N)c1. The second kappa shape index (κ2) is 11.6. The first kappa shape index (κ1) is 27.3. The van der Waals surface area contributed by atoms with E-state index in [0.717, 1.165) is 0 Å². The summed E-state index contributed by atoms with van der Waals surface area (Å²) in [6.07, 6.45) is -5.02. The summed E-state index contributed by atoms with van der Waals surface area (Å²) in [4.78, 5) is 12.0. The molecule has 2 aromatic carbocycles. The fourth-order valence-electron chi connectivity index (χ4n) is 4.15. The van der Waals surface area contributed by atoms with E-state index in [2.05, 4.69) is 0 Å². The molecule has 0 heterocycles. The number of hydrogen-bond donors (Lipinski definition) is 2. The largest absolute Gasteiger partial charge is 0.458 e. The van der Waals surface area contributed by atoms with Crippen molar-refractivity contribution in [3.05, 3.63) is 59.7 Å². The highest BCUT2D eigenvalue weighted by Gasteiger charge is 2.44. The molecule has 0 atom stereocenters. The number of hydrogen-bond acceptors (Lipinski definition) is 5. The van der Waals surface area contributed by atoms with Crippen LogP contribution < -0.4 is 16.2 Å². The van der Waals surface area contributed by atoms with E-state index in [9.17, 15) is 26.7 Å². The summed E-state index contributed by atoms with van der Waals surface area (Å²) in [5.74, 6) is -1.90. The van der Waals surface area contributed by atoms with Crippen LogP contribution in [0.4, 0.5) is 33.3 Å². The monoisotopic (exact) mass is 512 g/mol. The molecule has 10 heteroatoms. The number of nitrogen functional groups attached to an aromatic ring is 2. The maximum absolute atomic E-state index is 14.6. The summed E-state index contributed by atoms with van der Waals surface area (Å²) in [7, 11) is 0. The van der Waals surface area contributed by atoms with Gasteiger partial charge in [-0.2, -0.15) is 22.0 Å². The smallest absolute Gasteiger partial charge is 0.400 e. The average molecular weight is 513 g/mol. The van der Waals surface area contributed by atoms with Gasteiger partial charge in [-0.3, -0.25) is 0 Å². The lowest BCUT2D eigenvalue weighted by molar-refractivity contribution is -0.224. The molecule has 0 radical (unpaired) electrons. The Balaban J connectivity index is 1.46. The van der Waals surface area contributed by atoms with Crippen LogP contribution in [0.15, 0.2) is 48.5 Å². The van der Waals surface area contributed by atoms with Crippen molar-refractivity contribution in [1.82, 2.24) is 0 Å². The summed E-state index contributed by atoms with van der Waals surface area (Å²) in [6, 6.07) is 10.6. The quantitative estimate of drug-likeness (QED) is 0.168. The van der Waals surface area contributed by atoms with E-state index in [1.54, 1.807) is 18.2 Å².